The molecule has 0 aliphatic carbocycles. The lowest BCUT2D eigenvalue weighted by Gasteiger charge is -2.37. The van der Waals surface area contributed by atoms with Crippen LogP contribution in [0.4, 0.5) is 4.39 Å². The molecule has 22 heavy (non-hydrogen) atoms. The van der Waals surface area contributed by atoms with Gasteiger partial charge >= 0.3 is 0 Å². The Morgan fingerprint density at radius 1 is 1.36 bits per heavy atom. The molecule has 0 aromatic heterocycles. The van der Waals surface area contributed by atoms with Gasteiger partial charge < -0.3 is 4.90 Å². The quantitative estimate of drug-likeness (QED) is 0.804. The molecular formula is C18H27FN2O. The third-order valence-corrected chi connectivity index (χ3v) is 4.37. The molecule has 1 amide bonds. The van der Waals surface area contributed by atoms with Crippen molar-refractivity contribution in [2.75, 3.05) is 19.6 Å². The van der Waals surface area contributed by atoms with Crippen LogP contribution in [0.5, 0.6) is 0 Å². The Balaban J connectivity index is 2.06. The molecule has 4 heteroatoms. The Kier molecular flexibility index (Phi) is 6.37. The highest BCUT2D eigenvalue weighted by Crippen LogP contribution is 2.20. The van der Waals surface area contributed by atoms with Crippen LogP contribution in [0, 0.1) is 5.82 Å². The van der Waals surface area contributed by atoms with Gasteiger partial charge in [0, 0.05) is 13.1 Å². The van der Waals surface area contributed by atoms with Gasteiger partial charge in [0.15, 0.2) is 0 Å². The number of likely N-dealkylation sites (N-methyl/N-ethyl adjacent to an activating group) is 1. The maximum absolute atomic E-state index is 13.3. The molecule has 0 spiro atoms. The lowest BCUT2D eigenvalue weighted by molar-refractivity contribution is -0.138. The van der Waals surface area contributed by atoms with E-state index in [9.17, 15) is 9.18 Å². The Hall–Kier alpha value is -1.42. The second-order valence-electron chi connectivity index (χ2n) is 6.03. The summed E-state index contributed by atoms with van der Waals surface area (Å²) in [4.78, 5) is 17.1. The van der Waals surface area contributed by atoms with Gasteiger partial charge in [-0.25, -0.2) is 4.39 Å². The molecule has 1 unspecified atom stereocenters. The van der Waals surface area contributed by atoms with Crippen LogP contribution in [0.15, 0.2) is 24.3 Å². The Labute approximate surface area is 133 Å². The summed E-state index contributed by atoms with van der Waals surface area (Å²) >= 11 is 0. The fourth-order valence-corrected chi connectivity index (χ4v) is 3.24. The zero-order valence-electron chi connectivity index (χ0n) is 13.7. The van der Waals surface area contributed by atoms with E-state index in [0.29, 0.717) is 13.1 Å². The molecule has 1 atom stereocenters. The van der Waals surface area contributed by atoms with Crippen LogP contribution in [0.1, 0.15) is 45.1 Å². The summed E-state index contributed by atoms with van der Waals surface area (Å²) in [5.41, 5.74) is 0.855. The number of hydrogen-bond acceptors (Lipinski definition) is 2. The fraction of sp³-hybridized carbons (Fsp3) is 0.611. The third-order valence-electron chi connectivity index (χ3n) is 4.37. The van der Waals surface area contributed by atoms with Crippen LogP contribution in [0.2, 0.25) is 0 Å². The van der Waals surface area contributed by atoms with E-state index in [1.54, 1.807) is 6.07 Å². The highest BCUT2D eigenvalue weighted by atomic mass is 19.1. The van der Waals surface area contributed by atoms with Crippen molar-refractivity contribution in [2.45, 2.75) is 52.1 Å². The van der Waals surface area contributed by atoms with Gasteiger partial charge in [-0.05, 0) is 57.0 Å². The summed E-state index contributed by atoms with van der Waals surface area (Å²) in [6, 6.07) is 6.53. The van der Waals surface area contributed by atoms with Crippen LogP contribution in [-0.4, -0.2) is 41.4 Å². The Morgan fingerprint density at radius 2 is 2.18 bits per heavy atom. The van der Waals surface area contributed by atoms with Gasteiger partial charge in [0.05, 0.1) is 6.04 Å². The Morgan fingerprint density at radius 3 is 2.86 bits per heavy atom. The van der Waals surface area contributed by atoms with Crippen molar-refractivity contribution in [3.05, 3.63) is 35.6 Å². The normalized spacial score (nSPS) is 19.1. The van der Waals surface area contributed by atoms with Crippen molar-refractivity contribution in [1.29, 1.82) is 0 Å². The van der Waals surface area contributed by atoms with Crippen LogP contribution in [-0.2, 0) is 11.3 Å². The number of halogens is 1. The third kappa shape index (κ3) is 4.29. The van der Waals surface area contributed by atoms with Crippen molar-refractivity contribution in [2.24, 2.45) is 0 Å². The van der Waals surface area contributed by atoms with Crippen LogP contribution < -0.4 is 0 Å². The average molecular weight is 306 g/mol. The van der Waals surface area contributed by atoms with E-state index in [4.69, 9.17) is 0 Å². The smallest absolute Gasteiger partial charge is 0.240 e. The summed E-state index contributed by atoms with van der Waals surface area (Å²) in [6.07, 6.45) is 4.31. The van der Waals surface area contributed by atoms with Gasteiger partial charge in [0.1, 0.15) is 5.82 Å². The highest BCUT2D eigenvalue weighted by molar-refractivity contribution is 5.82. The molecular weight excluding hydrogens is 279 g/mol. The number of carbonyl (C=O) groups excluding carboxylic acids is 1. The second kappa shape index (κ2) is 8.28. The Bertz CT molecular complexity index is 490. The lowest BCUT2D eigenvalue weighted by Crippen LogP contribution is -2.50. The molecule has 0 N–H and O–H groups in total. The van der Waals surface area contributed by atoms with Crippen LogP contribution >= 0.6 is 0 Å². The van der Waals surface area contributed by atoms with E-state index in [2.05, 4.69) is 11.8 Å². The minimum atomic E-state index is -0.244. The van der Waals surface area contributed by atoms with E-state index in [1.807, 2.05) is 17.9 Å². The largest absolute Gasteiger partial charge is 0.337 e. The zero-order valence-corrected chi connectivity index (χ0v) is 13.7. The number of likely N-dealkylation sites (tertiary alicyclic amines) is 1. The average Bonchev–Trinajstić information content (AvgIpc) is 2.53. The van der Waals surface area contributed by atoms with Crippen molar-refractivity contribution < 1.29 is 9.18 Å². The molecule has 1 aliphatic rings. The second-order valence-corrected chi connectivity index (χ2v) is 6.03. The topological polar surface area (TPSA) is 23.6 Å². The van der Waals surface area contributed by atoms with Gasteiger partial charge in [-0.2, -0.15) is 0 Å². The van der Waals surface area contributed by atoms with Gasteiger partial charge in [0.2, 0.25) is 5.91 Å². The first-order chi connectivity index (χ1) is 10.7. The van der Waals surface area contributed by atoms with Crippen LogP contribution in [0.25, 0.3) is 0 Å². The van der Waals surface area contributed by atoms with E-state index in [1.165, 1.54) is 18.6 Å². The minimum Gasteiger partial charge on any atom is -0.337 e. The lowest BCUT2D eigenvalue weighted by atomic mass is 10.00. The zero-order chi connectivity index (χ0) is 15.9. The molecule has 0 saturated carbocycles. The maximum Gasteiger partial charge on any atom is 0.240 e. The minimum absolute atomic E-state index is 0.00205. The van der Waals surface area contributed by atoms with E-state index >= 15 is 0 Å². The predicted molar refractivity (Wildman–Crippen MR) is 87.0 cm³/mol. The summed E-state index contributed by atoms with van der Waals surface area (Å²) < 4.78 is 13.3. The summed E-state index contributed by atoms with van der Waals surface area (Å²) in [5, 5.41) is 0. The first-order valence-corrected chi connectivity index (χ1v) is 8.43. The van der Waals surface area contributed by atoms with Crippen molar-refractivity contribution in [1.82, 2.24) is 9.80 Å². The van der Waals surface area contributed by atoms with E-state index in [0.717, 1.165) is 37.9 Å². The first-order valence-electron chi connectivity index (χ1n) is 8.43. The molecule has 0 bridgehead atoms. The molecule has 3 nitrogen and oxygen atoms in total. The number of benzene rings is 1. The van der Waals surface area contributed by atoms with Crippen LogP contribution in [0.3, 0.4) is 0 Å². The number of carbonyl (C=O) groups is 1. The molecule has 1 aromatic rings. The molecule has 122 valence electrons. The molecule has 0 radical (unpaired) electrons. The molecule has 1 saturated heterocycles. The summed E-state index contributed by atoms with van der Waals surface area (Å²) in [6.45, 7) is 7.29. The van der Waals surface area contributed by atoms with E-state index in [-0.39, 0.29) is 17.8 Å². The molecule has 1 fully saturated rings. The SMILES string of the molecule is CCCN1CCCCC1C(=O)N(CC)Cc1cccc(F)c1. The van der Waals surface area contributed by atoms with Crippen molar-refractivity contribution >= 4 is 5.91 Å². The number of piperidine rings is 1. The maximum atomic E-state index is 13.3. The van der Waals surface area contributed by atoms with Gasteiger partial charge in [-0.3, -0.25) is 9.69 Å². The monoisotopic (exact) mass is 306 g/mol. The number of rotatable bonds is 6. The predicted octanol–water partition coefficient (Wildman–Crippen LogP) is 3.44. The molecule has 2 rings (SSSR count). The van der Waals surface area contributed by atoms with Crippen molar-refractivity contribution in [3.8, 4) is 0 Å². The fourth-order valence-electron chi connectivity index (χ4n) is 3.24. The number of nitrogens with zero attached hydrogens (tertiary/aromatic N) is 2. The number of hydrogen-bond donors (Lipinski definition) is 0. The van der Waals surface area contributed by atoms with E-state index < -0.39 is 0 Å². The standard InChI is InChI=1S/C18H27FN2O/c1-3-11-21-12-6-5-10-17(21)18(22)20(4-2)14-15-8-7-9-16(19)13-15/h7-9,13,17H,3-6,10-12,14H2,1-2H3. The molecule has 1 heterocycles. The molecule has 1 aliphatic heterocycles. The van der Waals surface area contributed by atoms with Gasteiger partial charge in [0.25, 0.3) is 0 Å². The van der Waals surface area contributed by atoms with Gasteiger partial charge in [-0.1, -0.05) is 25.5 Å². The molecule has 1 aromatic carbocycles. The first kappa shape index (κ1) is 16.9. The summed E-state index contributed by atoms with van der Waals surface area (Å²) in [7, 11) is 0. The number of amides is 1. The van der Waals surface area contributed by atoms with Crippen molar-refractivity contribution in [3.63, 3.8) is 0 Å². The summed E-state index contributed by atoms with van der Waals surface area (Å²) in [5.74, 6) is -0.0498. The van der Waals surface area contributed by atoms with Gasteiger partial charge in [-0.15, -0.1) is 0 Å². The highest BCUT2D eigenvalue weighted by Gasteiger charge is 2.30.